The molecule has 0 bridgehead atoms. The fraction of sp³-hybridized carbons (Fsp3) is 0.0256. The highest BCUT2D eigenvalue weighted by atomic mass is 15.1. The summed E-state index contributed by atoms with van der Waals surface area (Å²) in [5.74, 6) is 0.148. The molecule has 2 aliphatic carbocycles. The van der Waals surface area contributed by atoms with E-state index in [1.165, 1.54) is 104 Å². The molecule has 2 heteroatoms. The summed E-state index contributed by atoms with van der Waals surface area (Å²) in [5.41, 5.74) is 21.0. The van der Waals surface area contributed by atoms with Crippen LogP contribution in [0.2, 0.25) is 0 Å². The second kappa shape index (κ2) is 19.9. The molecule has 0 amide bonds. The van der Waals surface area contributed by atoms with E-state index in [1.807, 2.05) is 0 Å². The lowest BCUT2D eigenvalue weighted by Crippen LogP contribution is -2.15. The summed E-state index contributed by atoms with van der Waals surface area (Å²) in [7, 11) is 0. The first kappa shape index (κ1) is 47.0. The minimum Gasteiger partial charge on any atom is -0.311 e. The molecule has 2 aliphatic rings. The maximum Gasteiger partial charge on any atom is 0.0462 e. The summed E-state index contributed by atoms with van der Waals surface area (Å²) in [6, 6.07) is 105. The molecule has 376 valence electrons. The number of benzene rings is 13. The molecule has 1 unspecified atom stereocenters. The van der Waals surface area contributed by atoms with Gasteiger partial charge in [-0.3, -0.25) is 0 Å². The summed E-state index contributed by atoms with van der Waals surface area (Å²) in [5, 5.41) is 10.1. The predicted octanol–water partition coefficient (Wildman–Crippen LogP) is 21.5. The Balaban J connectivity index is 0.785. The minimum absolute atomic E-state index is 0.148. The normalized spacial score (nSPS) is 13.7. The number of fused-ring (bicyclic) bond motifs is 10. The number of para-hydroxylation sites is 4. The van der Waals surface area contributed by atoms with Gasteiger partial charge in [0.25, 0.3) is 0 Å². The molecule has 0 saturated carbocycles. The van der Waals surface area contributed by atoms with Gasteiger partial charge in [-0.2, -0.15) is 0 Å². The molecular formula is C78H54N2. The zero-order valence-electron chi connectivity index (χ0n) is 44.1. The molecule has 0 aliphatic heterocycles. The number of hydrogen-bond acceptors (Lipinski definition) is 2. The lowest BCUT2D eigenvalue weighted by molar-refractivity contribution is 0.956. The van der Waals surface area contributed by atoms with Crippen molar-refractivity contribution in [2.24, 2.45) is 0 Å². The van der Waals surface area contributed by atoms with E-state index in [4.69, 9.17) is 0 Å². The van der Waals surface area contributed by atoms with Gasteiger partial charge in [-0.1, -0.05) is 218 Å². The summed E-state index contributed by atoms with van der Waals surface area (Å²) in [4.78, 5) is 4.65. The topological polar surface area (TPSA) is 6.48 Å². The molecule has 0 saturated heterocycles. The number of hydrogen-bond donors (Lipinski definition) is 0. The fourth-order valence-corrected chi connectivity index (χ4v) is 12.9. The molecule has 0 radical (unpaired) electrons. The monoisotopic (exact) mass is 1020 g/mol. The highest BCUT2D eigenvalue weighted by molar-refractivity contribution is 6.24. The van der Waals surface area contributed by atoms with Crippen LogP contribution in [0.4, 0.5) is 34.1 Å². The van der Waals surface area contributed by atoms with Crippen LogP contribution in [0.15, 0.2) is 315 Å². The highest BCUT2D eigenvalue weighted by Crippen LogP contribution is 2.49. The van der Waals surface area contributed by atoms with Gasteiger partial charge in [-0.05, 0) is 202 Å². The summed E-state index contributed by atoms with van der Waals surface area (Å²) in [6.07, 6.45) is 10.0. The molecule has 13 aromatic rings. The number of nitrogens with zero attached hydrogens (tertiary/aromatic N) is 2. The van der Waals surface area contributed by atoms with Crippen LogP contribution >= 0.6 is 0 Å². The Labute approximate surface area is 467 Å². The molecule has 0 fully saturated rings. The van der Waals surface area contributed by atoms with E-state index in [1.54, 1.807) is 0 Å². The molecule has 13 aromatic carbocycles. The lowest BCUT2D eigenvalue weighted by atomic mass is 9.72. The third-order valence-corrected chi connectivity index (χ3v) is 16.6. The average Bonchev–Trinajstić information content (AvgIpc) is 3.56. The van der Waals surface area contributed by atoms with Crippen molar-refractivity contribution in [3.05, 3.63) is 332 Å². The van der Waals surface area contributed by atoms with Crippen molar-refractivity contribution in [3.8, 4) is 33.4 Å². The van der Waals surface area contributed by atoms with Crippen LogP contribution in [0.25, 0.3) is 82.0 Å². The number of rotatable bonds is 10. The number of anilines is 6. The minimum atomic E-state index is 0.148. The van der Waals surface area contributed by atoms with Crippen molar-refractivity contribution in [3.63, 3.8) is 0 Å². The van der Waals surface area contributed by atoms with Crippen molar-refractivity contribution >= 4 is 82.8 Å². The number of allylic oxidation sites excluding steroid dienone is 6. The van der Waals surface area contributed by atoms with Crippen molar-refractivity contribution in [2.75, 3.05) is 9.80 Å². The quantitative estimate of drug-likeness (QED) is 0.126. The molecular weight excluding hydrogens is 965 g/mol. The van der Waals surface area contributed by atoms with Gasteiger partial charge >= 0.3 is 0 Å². The van der Waals surface area contributed by atoms with Gasteiger partial charge in [0.05, 0.1) is 0 Å². The van der Waals surface area contributed by atoms with Crippen LogP contribution in [0.5, 0.6) is 0 Å². The Morgan fingerprint density at radius 1 is 0.275 bits per heavy atom. The van der Waals surface area contributed by atoms with E-state index in [-0.39, 0.29) is 5.92 Å². The second-order valence-corrected chi connectivity index (χ2v) is 21.1. The maximum atomic E-state index is 2.50. The van der Waals surface area contributed by atoms with Gasteiger partial charge in [0.1, 0.15) is 0 Å². The Kier molecular flexibility index (Phi) is 11.7. The highest BCUT2D eigenvalue weighted by Gasteiger charge is 2.30. The summed E-state index contributed by atoms with van der Waals surface area (Å²) >= 11 is 0. The Bertz CT molecular complexity index is 4480. The van der Waals surface area contributed by atoms with Crippen molar-refractivity contribution in [1.82, 2.24) is 0 Å². The molecule has 0 spiro atoms. The first-order valence-electron chi connectivity index (χ1n) is 27.8. The van der Waals surface area contributed by atoms with Gasteiger partial charge in [-0.25, -0.2) is 0 Å². The molecule has 2 nitrogen and oxygen atoms in total. The Morgan fingerprint density at radius 2 is 0.613 bits per heavy atom. The van der Waals surface area contributed by atoms with Gasteiger partial charge in [0, 0.05) is 40.0 Å². The molecule has 0 aromatic heterocycles. The molecule has 0 N–H and O–H groups in total. The zero-order valence-corrected chi connectivity index (χ0v) is 44.1. The SMILES string of the molecule is C1=CC2=C(c3ccc(N(c4ccccc4)c4ccccc4)cc3)Cc3c(cc(-c4ccc(-c5cc6c7ccccc7c(-c7ccc(N(c8ccccc8)c8ccccc8)cc7)cc6c6ccccc56)cc4)c4ccccc34)C2C=C1. The van der Waals surface area contributed by atoms with Crippen LogP contribution in [0.3, 0.4) is 0 Å². The first-order valence-corrected chi connectivity index (χ1v) is 27.8. The van der Waals surface area contributed by atoms with Gasteiger partial charge < -0.3 is 9.80 Å². The summed E-state index contributed by atoms with van der Waals surface area (Å²) in [6.45, 7) is 0. The maximum absolute atomic E-state index is 2.50. The van der Waals surface area contributed by atoms with E-state index in [0.29, 0.717) is 0 Å². The van der Waals surface area contributed by atoms with Gasteiger partial charge in [-0.15, -0.1) is 0 Å². The van der Waals surface area contributed by atoms with E-state index in [9.17, 15) is 0 Å². The zero-order chi connectivity index (χ0) is 52.9. The molecule has 80 heavy (non-hydrogen) atoms. The molecule has 0 heterocycles. The predicted molar refractivity (Wildman–Crippen MR) is 340 cm³/mol. The fourth-order valence-electron chi connectivity index (χ4n) is 12.9. The lowest BCUT2D eigenvalue weighted by Gasteiger charge is -2.32. The van der Waals surface area contributed by atoms with Crippen LogP contribution in [-0.4, -0.2) is 0 Å². The van der Waals surface area contributed by atoms with Crippen LogP contribution in [0, 0.1) is 0 Å². The van der Waals surface area contributed by atoms with E-state index in [0.717, 1.165) is 40.5 Å². The largest absolute Gasteiger partial charge is 0.311 e. The first-order chi connectivity index (χ1) is 39.7. The van der Waals surface area contributed by atoms with Crippen LogP contribution in [0.1, 0.15) is 22.6 Å². The third kappa shape index (κ3) is 8.20. The van der Waals surface area contributed by atoms with Crippen molar-refractivity contribution in [2.45, 2.75) is 12.3 Å². The van der Waals surface area contributed by atoms with Crippen LogP contribution in [-0.2, 0) is 6.42 Å². The van der Waals surface area contributed by atoms with E-state index in [2.05, 4.69) is 319 Å². The molecule has 15 rings (SSSR count). The summed E-state index contributed by atoms with van der Waals surface area (Å²) < 4.78 is 0. The van der Waals surface area contributed by atoms with Crippen LogP contribution < -0.4 is 9.80 Å². The van der Waals surface area contributed by atoms with Gasteiger partial charge in [0.15, 0.2) is 0 Å². The Morgan fingerprint density at radius 3 is 1.05 bits per heavy atom. The second-order valence-electron chi connectivity index (χ2n) is 21.1. The molecule has 1 atom stereocenters. The van der Waals surface area contributed by atoms with Crippen molar-refractivity contribution in [1.29, 1.82) is 0 Å². The van der Waals surface area contributed by atoms with E-state index >= 15 is 0 Å². The van der Waals surface area contributed by atoms with E-state index < -0.39 is 0 Å². The third-order valence-electron chi connectivity index (χ3n) is 16.6. The smallest absolute Gasteiger partial charge is 0.0462 e. The average molecular weight is 1020 g/mol. The Hall–Kier alpha value is -10.3. The standard InChI is InChI=1S/C78H54N2/c1-5-21-57(22-6-1)79(58-23-7-2-8-24-58)61-45-41-55(42-46-61)73-51-77-67-33-17-13-29-63(67)71(49-75(77)69-35-19-15-31-65(69)73)53-37-39-54(40-38-53)72-50-76-70-36-20-16-32-66(70)74(52-78(76)68-34-18-14-30-64(68)72)56-43-47-62(48-44-56)80(59-25-9-3-10-26-59)60-27-11-4-12-28-60/h1-51,70H,52H2. The van der Waals surface area contributed by atoms with Crippen molar-refractivity contribution < 1.29 is 0 Å². The van der Waals surface area contributed by atoms with Gasteiger partial charge in [0.2, 0.25) is 0 Å².